The standard InChI is InChI=1S/C13H26N2O3S/c1-10(8-14)9-19(17,18)11(2)13(16)15-12-6-4-3-5-7-12/h10-12H,3-9,14H2,1-2H3,(H,15,16). The Hall–Kier alpha value is -0.620. The first-order valence-corrected chi connectivity index (χ1v) is 8.80. The first-order chi connectivity index (χ1) is 8.86. The lowest BCUT2D eigenvalue weighted by atomic mass is 9.95. The minimum absolute atomic E-state index is 0.0250. The molecule has 1 rings (SSSR count). The summed E-state index contributed by atoms with van der Waals surface area (Å²) in [5.41, 5.74) is 5.44. The molecule has 0 aliphatic heterocycles. The van der Waals surface area contributed by atoms with Crippen molar-refractivity contribution in [3.8, 4) is 0 Å². The fourth-order valence-electron chi connectivity index (χ4n) is 2.34. The molecular weight excluding hydrogens is 264 g/mol. The van der Waals surface area contributed by atoms with E-state index in [-0.39, 0.29) is 23.6 Å². The van der Waals surface area contributed by atoms with E-state index in [1.54, 1.807) is 6.92 Å². The molecule has 0 aromatic carbocycles. The maximum atomic E-state index is 12.1. The van der Waals surface area contributed by atoms with Crippen LogP contribution in [-0.4, -0.2) is 37.9 Å². The van der Waals surface area contributed by atoms with Gasteiger partial charge in [-0.3, -0.25) is 4.79 Å². The van der Waals surface area contributed by atoms with Gasteiger partial charge in [0.05, 0.1) is 5.75 Å². The number of amides is 1. The van der Waals surface area contributed by atoms with E-state index in [0.29, 0.717) is 6.54 Å². The summed E-state index contributed by atoms with van der Waals surface area (Å²) < 4.78 is 24.1. The monoisotopic (exact) mass is 290 g/mol. The molecule has 0 spiro atoms. The van der Waals surface area contributed by atoms with Gasteiger partial charge in [0.25, 0.3) is 0 Å². The van der Waals surface area contributed by atoms with Crippen molar-refractivity contribution in [2.45, 2.75) is 57.2 Å². The summed E-state index contributed by atoms with van der Waals surface area (Å²) in [5, 5.41) is 1.88. The average Bonchev–Trinajstić information content (AvgIpc) is 2.38. The van der Waals surface area contributed by atoms with Gasteiger partial charge < -0.3 is 11.1 Å². The maximum absolute atomic E-state index is 12.1. The van der Waals surface area contributed by atoms with Crippen molar-refractivity contribution < 1.29 is 13.2 Å². The molecule has 0 saturated heterocycles. The van der Waals surface area contributed by atoms with E-state index in [4.69, 9.17) is 5.73 Å². The van der Waals surface area contributed by atoms with Crippen molar-refractivity contribution in [2.24, 2.45) is 11.7 Å². The second-order valence-electron chi connectivity index (χ2n) is 5.66. The molecule has 0 aromatic rings. The maximum Gasteiger partial charge on any atom is 0.238 e. The zero-order valence-corrected chi connectivity index (χ0v) is 12.7. The van der Waals surface area contributed by atoms with Gasteiger partial charge in [0.15, 0.2) is 9.84 Å². The van der Waals surface area contributed by atoms with Crippen molar-refractivity contribution in [1.82, 2.24) is 5.32 Å². The normalized spacial score (nSPS) is 20.8. The predicted octanol–water partition coefficient (Wildman–Crippen LogP) is 0.833. The van der Waals surface area contributed by atoms with E-state index in [1.807, 2.05) is 0 Å². The van der Waals surface area contributed by atoms with Gasteiger partial charge in [-0.05, 0) is 32.2 Å². The Morgan fingerprint density at radius 1 is 1.26 bits per heavy atom. The number of rotatable bonds is 6. The lowest BCUT2D eigenvalue weighted by Gasteiger charge is -2.24. The molecule has 0 bridgehead atoms. The van der Waals surface area contributed by atoms with Crippen LogP contribution >= 0.6 is 0 Å². The van der Waals surface area contributed by atoms with Crippen LogP contribution in [-0.2, 0) is 14.6 Å². The second kappa shape index (κ2) is 7.24. The Morgan fingerprint density at radius 3 is 2.37 bits per heavy atom. The van der Waals surface area contributed by atoms with Crippen LogP contribution in [0, 0.1) is 5.92 Å². The van der Waals surface area contributed by atoms with Gasteiger partial charge in [-0.2, -0.15) is 0 Å². The number of nitrogens with two attached hydrogens (primary N) is 1. The molecule has 6 heteroatoms. The summed E-state index contributed by atoms with van der Waals surface area (Å²) in [6.07, 6.45) is 5.33. The van der Waals surface area contributed by atoms with Gasteiger partial charge in [0.1, 0.15) is 5.25 Å². The van der Waals surface area contributed by atoms with Crippen LogP contribution in [0.15, 0.2) is 0 Å². The second-order valence-corrected chi connectivity index (χ2v) is 8.02. The Bertz CT molecular complexity index is 389. The largest absolute Gasteiger partial charge is 0.352 e. The Labute approximate surface area is 116 Å². The fourth-order valence-corrected chi connectivity index (χ4v) is 3.95. The number of carbonyl (C=O) groups is 1. The molecule has 0 heterocycles. The van der Waals surface area contributed by atoms with Crippen molar-refractivity contribution in [2.75, 3.05) is 12.3 Å². The van der Waals surface area contributed by atoms with Crippen molar-refractivity contribution >= 4 is 15.7 Å². The van der Waals surface area contributed by atoms with Crippen LogP contribution in [0.2, 0.25) is 0 Å². The van der Waals surface area contributed by atoms with E-state index in [2.05, 4.69) is 5.32 Å². The number of nitrogens with one attached hydrogen (secondary N) is 1. The fraction of sp³-hybridized carbons (Fsp3) is 0.923. The molecule has 1 fully saturated rings. The molecule has 1 amide bonds. The molecule has 1 saturated carbocycles. The molecule has 2 unspecified atom stereocenters. The molecule has 112 valence electrons. The van der Waals surface area contributed by atoms with Gasteiger partial charge in [-0.15, -0.1) is 0 Å². The van der Waals surface area contributed by atoms with E-state index >= 15 is 0 Å². The number of hydrogen-bond donors (Lipinski definition) is 2. The van der Waals surface area contributed by atoms with Crippen LogP contribution in [0.1, 0.15) is 46.0 Å². The summed E-state index contributed by atoms with van der Waals surface area (Å²) in [7, 11) is -3.41. The highest BCUT2D eigenvalue weighted by atomic mass is 32.2. The third-order valence-corrected chi connectivity index (χ3v) is 6.10. The van der Waals surface area contributed by atoms with Crippen molar-refractivity contribution in [3.63, 3.8) is 0 Å². The first-order valence-electron chi connectivity index (χ1n) is 7.09. The Kier molecular flexibility index (Phi) is 6.26. The van der Waals surface area contributed by atoms with Crippen LogP contribution < -0.4 is 11.1 Å². The zero-order chi connectivity index (χ0) is 14.5. The third kappa shape index (κ3) is 5.10. The molecule has 0 radical (unpaired) electrons. The number of hydrogen-bond acceptors (Lipinski definition) is 4. The Morgan fingerprint density at radius 2 is 1.84 bits per heavy atom. The first kappa shape index (κ1) is 16.4. The summed E-state index contributed by atoms with van der Waals surface area (Å²) in [6.45, 7) is 3.57. The van der Waals surface area contributed by atoms with E-state index in [0.717, 1.165) is 25.7 Å². The van der Waals surface area contributed by atoms with Gasteiger partial charge in [0, 0.05) is 6.04 Å². The SMILES string of the molecule is CC(CN)CS(=O)(=O)C(C)C(=O)NC1CCCCC1. The smallest absolute Gasteiger partial charge is 0.238 e. The molecule has 2 atom stereocenters. The van der Waals surface area contributed by atoms with Gasteiger partial charge >= 0.3 is 0 Å². The van der Waals surface area contributed by atoms with Crippen molar-refractivity contribution in [3.05, 3.63) is 0 Å². The summed E-state index contributed by atoms with van der Waals surface area (Å²) in [6, 6.07) is 0.144. The molecular formula is C13H26N2O3S. The molecule has 0 aromatic heterocycles. The summed E-state index contributed by atoms with van der Waals surface area (Å²) >= 11 is 0. The minimum atomic E-state index is -3.41. The summed E-state index contributed by atoms with van der Waals surface area (Å²) in [4.78, 5) is 12.0. The van der Waals surface area contributed by atoms with Gasteiger partial charge in [-0.1, -0.05) is 26.2 Å². The molecule has 5 nitrogen and oxygen atoms in total. The van der Waals surface area contributed by atoms with E-state index in [9.17, 15) is 13.2 Å². The van der Waals surface area contributed by atoms with E-state index < -0.39 is 15.1 Å². The Balaban J connectivity index is 2.55. The quantitative estimate of drug-likeness (QED) is 0.758. The lowest BCUT2D eigenvalue weighted by Crippen LogP contribution is -2.45. The molecule has 19 heavy (non-hydrogen) atoms. The van der Waals surface area contributed by atoms with Crippen LogP contribution in [0.25, 0.3) is 0 Å². The van der Waals surface area contributed by atoms with E-state index in [1.165, 1.54) is 13.3 Å². The average molecular weight is 290 g/mol. The molecule has 1 aliphatic rings. The number of carbonyl (C=O) groups excluding carboxylic acids is 1. The highest BCUT2D eigenvalue weighted by Crippen LogP contribution is 2.18. The van der Waals surface area contributed by atoms with Gasteiger partial charge in [0.2, 0.25) is 5.91 Å². The third-order valence-electron chi connectivity index (χ3n) is 3.78. The van der Waals surface area contributed by atoms with Crippen molar-refractivity contribution in [1.29, 1.82) is 0 Å². The highest BCUT2D eigenvalue weighted by Gasteiger charge is 2.30. The predicted molar refractivity (Wildman–Crippen MR) is 76.5 cm³/mol. The molecule has 3 N–H and O–H groups in total. The van der Waals surface area contributed by atoms with Gasteiger partial charge in [-0.25, -0.2) is 8.42 Å². The highest BCUT2D eigenvalue weighted by molar-refractivity contribution is 7.92. The topological polar surface area (TPSA) is 89.3 Å². The summed E-state index contributed by atoms with van der Waals surface area (Å²) in [5.74, 6) is -0.506. The zero-order valence-electron chi connectivity index (χ0n) is 11.9. The minimum Gasteiger partial charge on any atom is -0.352 e. The molecule has 1 aliphatic carbocycles. The number of sulfone groups is 1. The lowest BCUT2D eigenvalue weighted by molar-refractivity contribution is -0.121. The van der Waals surface area contributed by atoms with Crippen LogP contribution in [0.3, 0.4) is 0 Å². The van der Waals surface area contributed by atoms with Crippen LogP contribution in [0.4, 0.5) is 0 Å². The van der Waals surface area contributed by atoms with Crippen LogP contribution in [0.5, 0.6) is 0 Å².